The Bertz CT molecular complexity index is 1090. The van der Waals surface area contributed by atoms with Gasteiger partial charge in [-0.3, -0.25) is 0 Å². The second-order valence-electron chi connectivity index (χ2n) is 5.85. The van der Waals surface area contributed by atoms with Crippen molar-refractivity contribution >= 4 is 11.9 Å². The molecule has 1 heterocycles. The van der Waals surface area contributed by atoms with Crippen molar-refractivity contribution in [1.29, 1.82) is 0 Å². The highest BCUT2D eigenvalue weighted by Gasteiger charge is 2.11. The van der Waals surface area contributed by atoms with Gasteiger partial charge in [0, 0.05) is 28.8 Å². The molecule has 0 aliphatic rings. The van der Waals surface area contributed by atoms with Crippen molar-refractivity contribution in [2.75, 3.05) is 0 Å². The maximum atomic E-state index is 13.2. The molecule has 3 aromatic carbocycles. The van der Waals surface area contributed by atoms with Gasteiger partial charge in [0.2, 0.25) is 11.5 Å². The minimum absolute atomic E-state index is 0.368. The number of hydrogen-bond acceptors (Lipinski definition) is 4. The van der Waals surface area contributed by atoms with Crippen LogP contribution in [0.3, 0.4) is 0 Å². The van der Waals surface area contributed by atoms with E-state index in [2.05, 4.69) is 10.1 Å². The van der Waals surface area contributed by atoms with Gasteiger partial charge in [0.1, 0.15) is 5.82 Å². The first-order valence-corrected chi connectivity index (χ1v) is 8.25. The molecule has 1 aromatic heterocycles. The molecule has 5 nitrogen and oxygen atoms in total. The summed E-state index contributed by atoms with van der Waals surface area (Å²) in [6.07, 6.45) is 1.32. The second-order valence-corrected chi connectivity index (χ2v) is 5.85. The molecule has 0 bridgehead atoms. The number of rotatable bonds is 4. The Kier molecular flexibility index (Phi) is 4.45. The van der Waals surface area contributed by atoms with Gasteiger partial charge in [-0.1, -0.05) is 41.6 Å². The van der Waals surface area contributed by atoms with Crippen molar-refractivity contribution in [1.82, 2.24) is 10.1 Å². The lowest BCUT2D eigenvalue weighted by molar-refractivity contribution is -0.354. The lowest BCUT2D eigenvalue weighted by Crippen LogP contribution is -1.99. The first kappa shape index (κ1) is 16.7. The number of nitrogens with zero attached hydrogens (tertiary/aromatic N) is 3. The normalized spacial score (nSPS) is 11.5. The van der Waals surface area contributed by atoms with Gasteiger partial charge in [-0.05, 0) is 30.3 Å². The highest BCUT2D eigenvalue weighted by molar-refractivity contribution is 5.76. The largest absolute Gasteiger partial charge is 0.618 e. The molecular weight excluding hydrogens is 345 g/mol. The van der Waals surface area contributed by atoms with Crippen LogP contribution in [0.15, 0.2) is 83.4 Å². The minimum atomic E-state index is -0.391. The van der Waals surface area contributed by atoms with Crippen molar-refractivity contribution < 1.29 is 13.7 Å². The van der Waals surface area contributed by atoms with Gasteiger partial charge >= 0.3 is 0 Å². The summed E-state index contributed by atoms with van der Waals surface area (Å²) in [5.74, 6) is 0.477. The molecule has 0 spiro atoms. The molecule has 0 saturated carbocycles. The first-order valence-electron chi connectivity index (χ1n) is 8.25. The summed E-state index contributed by atoms with van der Waals surface area (Å²) in [7, 11) is 0. The summed E-state index contributed by atoms with van der Waals surface area (Å²) < 4.78 is 19.2. The molecule has 0 aliphatic carbocycles. The van der Waals surface area contributed by atoms with E-state index in [1.54, 1.807) is 36.4 Å². The second kappa shape index (κ2) is 7.21. The molecule has 0 saturated heterocycles. The third-order valence-corrected chi connectivity index (χ3v) is 3.94. The van der Waals surface area contributed by atoms with Crippen LogP contribution in [0.4, 0.5) is 10.1 Å². The average molecular weight is 359 g/mol. The van der Waals surface area contributed by atoms with E-state index in [0.717, 1.165) is 5.56 Å². The summed E-state index contributed by atoms with van der Waals surface area (Å²) in [6, 6.07) is 22.1. The smallest absolute Gasteiger partial charge is 0.258 e. The van der Waals surface area contributed by atoms with Crippen molar-refractivity contribution in [2.24, 2.45) is 0 Å². The van der Waals surface area contributed by atoms with Crippen molar-refractivity contribution in [3.8, 4) is 22.8 Å². The third kappa shape index (κ3) is 3.74. The molecule has 0 aliphatic heterocycles. The van der Waals surface area contributed by atoms with Crippen molar-refractivity contribution in [3.63, 3.8) is 0 Å². The molecule has 27 heavy (non-hydrogen) atoms. The zero-order valence-corrected chi connectivity index (χ0v) is 14.1. The Balaban J connectivity index is 1.57. The molecule has 132 valence electrons. The summed E-state index contributed by atoms with van der Waals surface area (Å²) in [5, 5.41) is 16.2. The van der Waals surface area contributed by atoms with E-state index in [4.69, 9.17) is 4.52 Å². The first-order chi connectivity index (χ1) is 13.2. The fourth-order valence-electron chi connectivity index (χ4n) is 2.59. The lowest BCUT2D eigenvalue weighted by atomic mass is 10.2. The summed E-state index contributed by atoms with van der Waals surface area (Å²) >= 11 is 0. The van der Waals surface area contributed by atoms with Crippen LogP contribution < -0.4 is 0 Å². The number of halogens is 1. The summed E-state index contributed by atoms with van der Waals surface area (Å²) in [5.41, 5.74) is 2.46. The topological polar surface area (TPSA) is 65.0 Å². The molecule has 4 aromatic rings. The van der Waals surface area contributed by atoms with E-state index in [-0.39, 0.29) is 0 Å². The molecular formula is C21H14FN3O2. The van der Waals surface area contributed by atoms with E-state index in [0.29, 0.717) is 33.3 Å². The van der Waals surface area contributed by atoms with Gasteiger partial charge in [0.25, 0.3) is 5.89 Å². The quantitative estimate of drug-likeness (QED) is 0.227. The standard InChI is InChI=1S/C21H14FN3O2/c22-18-8-4-5-15(13-18)14-25(26)19-11-9-17(10-12-19)21-23-20(24-27-21)16-6-2-1-3-7-16/h1-14H/b25-14-. The van der Waals surface area contributed by atoms with Gasteiger partial charge in [-0.15, -0.1) is 0 Å². The maximum Gasteiger partial charge on any atom is 0.258 e. The fraction of sp³-hybridized carbons (Fsp3) is 0. The van der Waals surface area contributed by atoms with E-state index in [1.807, 2.05) is 30.3 Å². The van der Waals surface area contributed by atoms with Crippen LogP contribution in [0.5, 0.6) is 0 Å². The molecule has 0 amide bonds. The maximum absolute atomic E-state index is 13.2. The van der Waals surface area contributed by atoms with E-state index in [1.165, 1.54) is 18.3 Å². The number of benzene rings is 3. The van der Waals surface area contributed by atoms with Crippen LogP contribution in [0, 0.1) is 11.0 Å². The Labute approximate surface area is 154 Å². The molecule has 4 rings (SSSR count). The SMILES string of the molecule is [O-]/[N+](=C\c1cccc(F)c1)c1ccc(-c2nc(-c3ccccc3)no2)cc1. The number of hydrogen-bond donors (Lipinski definition) is 0. The van der Waals surface area contributed by atoms with Crippen molar-refractivity contribution in [3.05, 3.63) is 95.5 Å². The predicted molar refractivity (Wildman–Crippen MR) is 100 cm³/mol. The minimum Gasteiger partial charge on any atom is -0.618 e. The van der Waals surface area contributed by atoms with Crippen LogP contribution in [-0.2, 0) is 0 Å². The van der Waals surface area contributed by atoms with E-state index in [9.17, 15) is 9.60 Å². The van der Waals surface area contributed by atoms with Crippen LogP contribution in [0.2, 0.25) is 0 Å². The Hall–Kier alpha value is -3.80. The van der Waals surface area contributed by atoms with Crippen molar-refractivity contribution in [2.45, 2.75) is 0 Å². The van der Waals surface area contributed by atoms with Gasteiger partial charge in [0.15, 0.2) is 6.21 Å². The van der Waals surface area contributed by atoms with E-state index < -0.39 is 5.82 Å². The van der Waals surface area contributed by atoms with Gasteiger partial charge in [-0.2, -0.15) is 9.72 Å². The summed E-state index contributed by atoms with van der Waals surface area (Å²) in [6.45, 7) is 0. The van der Waals surface area contributed by atoms with Gasteiger partial charge in [0.05, 0.1) is 0 Å². The third-order valence-electron chi connectivity index (χ3n) is 3.94. The monoisotopic (exact) mass is 359 g/mol. The fourth-order valence-corrected chi connectivity index (χ4v) is 2.59. The molecule has 6 heteroatoms. The average Bonchev–Trinajstić information content (AvgIpc) is 3.19. The van der Waals surface area contributed by atoms with Crippen LogP contribution >= 0.6 is 0 Å². The molecule has 0 N–H and O–H groups in total. The predicted octanol–water partition coefficient (Wildman–Crippen LogP) is 4.80. The Morgan fingerprint density at radius 1 is 0.889 bits per heavy atom. The van der Waals surface area contributed by atoms with Crippen LogP contribution in [-0.4, -0.2) is 21.1 Å². The lowest BCUT2D eigenvalue weighted by Gasteiger charge is -2.03. The molecule has 0 atom stereocenters. The Morgan fingerprint density at radius 2 is 1.67 bits per heavy atom. The summed E-state index contributed by atoms with van der Waals surface area (Å²) in [4.78, 5) is 4.38. The molecule has 0 unspecified atom stereocenters. The van der Waals surface area contributed by atoms with Crippen LogP contribution in [0.25, 0.3) is 22.8 Å². The molecule has 0 fully saturated rings. The van der Waals surface area contributed by atoms with Crippen LogP contribution in [0.1, 0.15) is 5.56 Å². The van der Waals surface area contributed by atoms with Gasteiger partial charge in [-0.25, -0.2) is 4.39 Å². The zero-order valence-electron chi connectivity index (χ0n) is 14.1. The number of aromatic nitrogens is 2. The highest BCUT2D eigenvalue weighted by Crippen LogP contribution is 2.24. The molecule has 0 radical (unpaired) electrons. The van der Waals surface area contributed by atoms with Gasteiger partial charge < -0.3 is 9.73 Å². The zero-order chi connectivity index (χ0) is 18.6. The van der Waals surface area contributed by atoms with E-state index >= 15 is 0 Å². The Morgan fingerprint density at radius 3 is 2.41 bits per heavy atom. The highest BCUT2D eigenvalue weighted by atomic mass is 19.1.